The molecule has 1 aromatic heterocycles. The van der Waals surface area contributed by atoms with Crippen LogP contribution in [-0.4, -0.2) is 11.6 Å². The molecule has 0 unspecified atom stereocenters. The molecule has 0 spiro atoms. The number of hydrogen-bond acceptors (Lipinski definition) is 4. The van der Waals surface area contributed by atoms with Gasteiger partial charge in [0.2, 0.25) is 5.88 Å². The lowest BCUT2D eigenvalue weighted by Crippen LogP contribution is -2.04. The average Bonchev–Trinajstić information content (AvgIpc) is 3.29. The van der Waals surface area contributed by atoms with E-state index < -0.39 is 0 Å². The monoisotopic (exact) mass is 300 g/mol. The number of nitrogen functional groups attached to an aromatic ring is 1. The molecule has 1 saturated carbocycles. The van der Waals surface area contributed by atoms with E-state index in [2.05, 4.69) is 36.2 Å². The van der Waals surface area contributed by atoms with Gasteiger partial charge in [-0.1, -0.05) is 29.8 Å². The van der Waals surface area contributed by atoms with E-state index in [-0.39, 0.29) is 0 Å². The molecule has 1 aromatic carbocycles. The predicted octanol–water partition coefficient (Wildman–Crippen LogP) is 4.05. The summed E-state index contributed by atoms with van der Waals surface area (Å²) in [6, 6.07) is 12.4. The van der Waals surface area contributed by atoms with E-state index in [1.807, 2.05) is 12.1 Å². The van der Waals surface area contributed by atoms with Gasteiger partial charge in [0.05, 0.1) is 12.3 Å². The van der Waals surface area contributed by atoms with Gasteiger partial charge in [-0.3, -0.25) is 0 Å². The average molecular weight is 300 g/mol. The molecular formula is C17H20N2OS. The van der Waals surface area contributed by atoms with Gasteiger partial charge in [0, 0.05) is 5.75 Å². The molecule has 1 aliphatic rings. The third-order valence-corrected chi connectivity index (χ3v) is 4.49. The van der Waals surface area contributed by atoms with Crippen molar-refractivity contribution in [1.29, 1.82) is 0 Å². The molecule has 110 valence electrons. The van der Waals surface area contributed by atoms with Gasteiger partial charge in [-0.15, -0.1) is 11.8 Å². The van der Waals surface area contributed by atoms with E-state index >= 15 is 0 Å². The Morgan fingerprint density at radius 2 is 2.14 bits per heavy atom. The number of anilines is 1. The van der Waals surface area contributed by atoms with Gasteiger partial charge < -0.3 is 10.5 Å². The summed E-state index contributed by atoms with van der Waals surface area (Å²) >= 11 is 1.71. The van der Waals surface area contributed by atoms with Crippen molar-refractivity contribution in [3.63, 3.8) is 0 Å². The van der Waals surface area contributed by atoms with Crippen LogP contribution in [0.1, 0.15) is 24.0 Å². The Bertz CT molecular complexity index is 626. The highest BCUT2D eigenvalue weighted by Crippen LogP contribution is 2.31. The van der Waals surface area contributed by atoms with Crippen LogP contribution in [0, 0.1) is 12.8 Å². The number of ether oxygens (including phenoxy) is 1. The Morgan fingerprint density at radius 3 is 2.90 bits per heavy atom. The van der Waals surface area contributed by atoms with Crippen molar-refractivity contribution in [3.8, 4) is 5.88 Å². The molecule has 1 aliphatic carbocycles. The molecule has 0 aliphatic heterocycles. The largest absolute Gasteiger partial charge is 0.476 e. The first kappa shape index (κ1) is 14.3. The van der Waals surface area contributed by atoms with Gasteiger partial charge in [-0.05, 0) is 43.4 Å². The van der Waals surface area contributed by atoms with Crippen LogP contribution < -0.4 is 10.5 Å². The zero-order chi connectivity index (χ0) is 14.7. The number of hydrogen-bond donors (Lipinski definition) is 1. The molecule has 1 fully saturated rings. The standard InChI is InChI=1S/C17H20N2OS/c1-12-3-2-4-14(9-12)11-21-16-8-7-15(18)17(19-16)20-10-13-5-6-13/h2-4,7-9,13H,5-6,10-11,18H2,1H3. The number of aromatic nitrogens is 1. The zero-order valence-corrected chi connectivity index (χ0v) is 13.0. The lowest BCUT2D eigenvalue weighted by Gasteiger charge is -2.09. The topological polar surface area (TPSA) is 48.1 Å². The smallest absolute Gasteiger partial charge is 0.238 e. The van der Waals surface area contributed by atoms with Crippen molar-refractivity contribution in [2.45, 2.75) is 30.5 Å². The molecule has 3 nitrogen and oxygen atoms in total. The minimum absolute atomic E-state index is 0.580. The molecular weight excluding hydrogens is 280 g/mol. The summed E-state index contributed by atoms with van der Waals surface area (Å²) in [5, 5.41) is 0.955. The first-order valence-electron chi connectivity index (χ1n) is 7.28. The highest BCUT2D eigenvalue weighted by molar-refractivity contribution is 7.98. The molecule has 0 saturated heterocycles. The van der Waals surface area contributed by atoms with Gasteiger partial charge in [0.25, 0.3) is 0 Å². The second-order valence-electron chi connectivity index (χ2n) is 5.58. The van der Waals surface area contributed by atoms with E-state index in [0.717, 1.165) is 17.4 Å². The van der Waals surface area contributed by atoms with Crippen molar-refractivity contribution in [3.05, 3.63) is 47.5 Å². The Kier molecular flexibility index (Phi) is 4.34. The Labute approximate surface area is 129 Å². The van der Waals surface area contributed by atoms with Crippen LogP contribution in [0.5, 0.6) is 5.88 Å². The fraction of sp³-hybridized carbons (Fsp3) is 0.353. The van der Waals surface area contributed by atoms with Crippen molar-refractivity contribution >= 4 is 17.4 Å². The maximum atomic E-state index is 5.93. The molecule has 0 amide bonds. The Morgan fingerprint density at radius 1 is 1.29 bits per heavy atom. The van der Waals surface area contributed by atoms with Crippen LogP contribution in [0.3, 0.4) is 0 Å². The maximum absolute atomic E-state index is 5.93. The summed E-state index contributed by atoms with van der Waals surface area (Å²) in [6.07, 6.45) is 2.53. The van der Waals surface area contributed by atoms with Crippen molar-refractivity contribution in [2.24, 2.45) is 5.92 Å². The number of aryl methyl sites for hydroxylation is 1. The summed E-state index contributed by atoms with van der Waals surface area (Å²) in [5.74, 6) is 2.19. The van der Waals surface area contributed by atoms with E-state index in [1.54, 1.807) is 11.8 Å². The van der Waals surface area contributed by atoms with Crippen LogP contribution in [0.2, 0.25) is 0 Å². The van der Waals surface area contributed by atoms with E-state index in [4.69, 9.17) is 10.5 Å². The summed E-state index contributed by atoms with van der Waals surface area (Å²) in [6.45, 7) is 2.85. The van der Waals surface area contributed by atoms with Crippen LogP contribution in [0.4, 0.5) is 5.69 Å². The fourth-order valence-electron chi connectivity index (χ4n) is 2.07. The predicted molar refractivity (Wildman–Crippen MR) is 87.6 cm³/mol. The van der Waals surface area contributed by atoms with Crippen molar-refractivity contribution in [2.75, 3.05) is 12.3 Å². The maximum Gasteiger partial charge on any atom is 0.238 e. The van der Waals surface area contributed by atoms with Gasteiger partial charge in [-0.25, -0.2) is 4.98 Å². The SMILES string of the molecule is Cc1cccc(CSc2ccc(N)c(OCC3CC3)n2)c1. The van der Waals surface area contributed by atoms with Crippen LogP contribution >= 0.6 is 11.8 Å². The summed E-state index contributed by atoms with van der Waals surface area (Å²) in [4.78, 5) is 4.53. The minimum atomic E-state index is 0.580. The number of nitrogens with zero attached hydrogens (tertiary/aromatic N) is 1. The van der Waals surface area contributed by atoms with Crippen molar-refractivity contribution in [1.82, 2.24) is 4.98 Å². The van der Waals surface area contributed by atoms with Crippen LogP contribution in [0.15, 0.2) is 41.4 Å². The second-order valence-corrected chi connectivity index (χ2v) is 6.57. The zero-order valence-electron chi connectivity index (χ0n) is 12.2. The Balaban J connectivity index is 1.63. The van der Waals surface area contributed by atoms with E-state index in [9.17, 15) is 0 Å². The third kappa shape index (κ3) is 4.14. The molecule has 4 heteroatoms. The van der Waals surface area contributed by atoms with E-state index in [0.29, 0.717) is 17.5 Å². The lowest BCUT2D eigenvalue weighted by molar-refractivity contribution is 0.288. The van der Waals surface area contributed by atoms with Crippen molar-refractivity contribution < 1.29 is 4.74 Å². The second kappa shape index (κ2) is 6.39. The van der Waals surface area contributed by atoms with Crippen LogP contribution in [0.25, 0.3) is 0 Å². The minimum Gasteiger partial charge on any atom is -0.476 e. The number of thioether (sulfide) groups is 1. The first-order chi connectivity index (χ1) is 10.2. The molecule has 0 radical (unpaired) electrons. The molecule has 3 rings (SSSR count). The number of benzene rings is 1. The first-order valence-corrected chi connectivity index (χ1v) is 8.27. The summed E-state index contributed by atoms with van der Waals surface area (Å²) in [7, 11) is 0. The number of nitrogens with two attached hydrogens (primary N) is 1. The summed E-state index contributed by atoms with van der Waals surface area (Å²) in [5.41, 5.74) is 9.14. The highest BCUT2D eigenvalue weighted by Gasteiger charge is 2.22. The highest BCUT2D eigenvalue weighted by atomic mass is 32.2. The quantitative estimate of drug-likeness (QED) is 0.818. The van der Waals surface area contributed by atoms with Gasteiger partial charge in [0.15, 0.2) is 0 Å². The van der Waals surface area contributed by atoms with Crippen LogP contribution in [-0.2, 0) is 5.75 Å². The number of rotatable bonds is 6. The third-order valence-electron chi connectivity index (χ3n) is 3.49. The van der Waals surface area contributed by atoms with Gasteiger partial charge in [-0.2, -0.15) is 0 Å². The molecule has 2 aromatic rings. The molecule has 2 N–H and O–H groups in total. The lowest BCUT2D eigenvalue weighted by atomic mass is 10.2. The normalized spacial score (nSPS) is 14.1. The Hall–Kier alpha value is -1.68. The molecule has 0 atom stereocenters. The molecule has 0 bridgehead atoms. The molecule has 1 heterocycles. The fourth-order valence-corrected chi connectivity index (χ4v) is 2.88. The molecule has 21 heavy (non-hydrogen) atoms. The van der Waals surface area contributed by atoms with Gasteiger partial charge in [0.1, 0.15) is 5.03 Å². The summed E-state index contributed by atoms with van der Waals surface area (Å²) < 4.78 is 5.72. The van der Waals surface area contributed by atoms with Gasteiger partial charge >= 0.3 is 0 Å². The number of pyridine rings is 1. The van der Waals surface area contributed by atoms with E-state index in [1.165, 1.54) is 24.0 Å².